The van der Waals surface area contributed by atoms with Gasteiger partial charge in [0.15, 0.2) is 11.3 Å². The van der Waals surface area contributed by atoms with E-state index in [0.717, 1.165) is 10.2 Å². The van der Waals surface area contributed by atoms with Crippen molar-refractivity contribution < 1.29 is 28.6 Å². The second-order valence-corrected chi connectivity index (χ2v) is 6.92. The number of hydrogen-bond acceptors (Lipinski definition) is 8. The second kappa shape index (κ2) is 7.48. The smallest absolute Gasteiger partial charge is 0.302 e. The fourth-order valence-electron chi connectivity index (χ4n) is 2.86. The molecule has 4 rings (SSSR count). The maximum atomic E-state index is 11.2. The van der Waals surface area contributed by atoms with Crippen LogP contribution in [0.5, 0.6) is 0 Å². The third kappa shape index (κ3) is 3.74. The van der Waals surface area contributed by atoms with Crippen LogP contribution in [-0.4, -0.2) is 48.8 Å². The lowest BCUT2D eigenvalue weighted by atomic mass is 10.2. The Balaban J connectivity index is 0.000000152. The SMILES string of the molecule is COC1OC(COC(C)=O)C2C(=O)C12.NC(=O)c1nc2ccccc2s1. The zero-order valence-electron chi connectivity index (χ0n) is 14.2. The number of fused-ring (bicyclic) bond motifs is 2. The fourth-order valence-corrected chi connectivity index (χ4v) is 3.68. The molecule has 4 atom stereocenters. The van der Waals surface area contributed by atoms with E-state index in [4.69, 9.17) is 19.9 Å². The monoisotopic (exact) mass is 378 g/mol. The van der Waals surface area contributed by atoms with E-state index < -0.39 is 12.2 Å². The highest BCUT2D eigenvalue weighted by Crippen LogP contribution is 2.48. The number of para-hydroxylation sites is 1. The molecule has 0 bridgehead atoms. The van der Waals surface area contributed by atoms with E-state index in [1.807, 2.05) is 24.3 Å². The van der Waals surface area contributed by atoms with Gasteiger partial charge in [-0.05, 0) is 12.1 Å². The normalized spacial score (nSPS) is 26.0. The Morgan fingerprint density at radius 3 is 2.62 bits per heavy atom. The average Bonchev–Trinajstić information content (AvgIpc) is 3.01. The second-order valence-electron chi connectivity index (χ2n) is 5.89. The summed E-state index contributed by atoms with van der Waals surface area (Å²) in [5.41, 5.74) is 5.92. The predicted molar refractivity (Wildman–Crippen MR) is 92.4 cm³/mol. The number of ether oxygens (including phenoxy) is 3. The van der Waals surface area contributed by atoms with Crippen LogP contribution in [0.2, 0.25) is 0 Å². The minimum Gasteiger partial charge on any atom is -0.463 e. The molecule has 2 N–H and O–H groups in total. The third-order valence-corrected chi connectivity index (χ3v) is 5.18. The van der Waals surface area contributed by atoms with Crippen molar-refractivity contribution in [2.75, 3.05) is 13.7 Å². The Kier molecular flexibility index (Phi) is 5.30. The van der Waals surface area contributed by atoms with E-state index in [2.05, 4.69) is 4.98 Å². The maximum absolute atomic E-state index is 11.2. The largest absolute Gasteiger partial charge is 0.463 e. The molecule has 1 saturated heterocycles. The minimum absolute atomic E-state index is 0.126. The lowest BCUT2D eigenvalue weighted by molar-refractivity contribution is -0.165. The highest BCUT2D eigenvalue weighted by molar-refractivity contribution is 7.20. The number of methoxy groups -OCH3 is 1. The number of carbonyl (C=O) groups is 3. The summed E-state index contributed by atoms with van der Waals surface area (Å²) in [5, 5.41) is 0.371. The summed E-state index contributed by atoms with van der Waals surface area (Å²) in [7, 11) is 1.50. The molecule has 0 radical (unpaired) electrons. The van der Waals surface area contributed by atoms with Crippen LogP contribution in [0.25, 0.3) is 10.2 Å². The first-order valence-corrected chi connectivity index (χ1v) is 8.74. The summed E-state index contributed by atoms with van der Waals surface area (Å²) < 4.78 is 16.1. The number of Topliss-reactive ketones (excluding diaryl/α,β-unsaturated/α-hetero) is 1. The van der Waals surface area contributed by atoms with Crippen LogP contribution in [0.15, 0.2) is 24.3 Å². The highest BCUT2D eigenvalue weighted by Gasteiger charge is 2.65. The van der Waals surface area contributed by atoms with Crippen LogP contribution in [0.3, 0.4) is 0 Å². The molecule has 4 unspecified atom stereocenters. The molecule has 1 aromatic heterocycles. The number of rotatable bonds is 4. The zero-order chi connectivity index (χ0) is 18.8. The van der Waals surface area contributed by atoms with Crippen LogP contribution in [0, 0.1) is 11.8 Å². The summed E-state index contributed by atoms with van der Waals surface area (Å²) in [5.74, 6) is -0.935. The van der Waals surface area contributed by atoms with Crippen molar-refractivity contribution >= 4 is 39.2 Å². The number of primary amides is 1. The lowest BCUT2D eigenvalue weighted by Crippen LogP contribution is -2.26. The number of ketones is 1. The van der Waals surface area contributed by atoms with Gasteiger partial charge in [-0.1, -0.05) is 12.1 Å². The molecule has 8 nitrogen and oxygen atoms in total. The van der Waals surface area contributed by atoms with Gasteiger partial charge in [0.1, 0.15) is 18.5 Å². The standard InChI is InChI=1S/C9H12O5.C8H6N2OS/c1-4(10)13-3-5-6-7(8(6)11)9(12-2)14-5;9-7(11)8-10-5-3-1-2-4-6(5)12-8/h5-7,9H,3H2,1-2H3;1-4H,(H2,9,11). The third-order valence-electron chi connectivity index (χ3n) is 4.13. The number of esters is 1. The van der Waals surface area contributed by atoms with Gasteiger partial charge in [0, 0.05) is 14.0 Å². The number of amides is 1. The summed E-state index contributed by atoms with van der Waals surface area (Å²) in [4.78, 5) is 36.6. The average molecular weight is 378 g/mol. The van der Waals surface area contributed by atoms with E-state index >= 15 is 0 Å². The molecular weight excluding hydrogens is 360 g/mol. The van der Waals surface area contributed by atoms with E-state index in [0.29, 0.717) is 5.01 Å². The Hall–Kier alpha value is -2.36. The molecule has 9 heteroatoms. The van der Waals surface area contributed by atoms with Crippen LogP contribution >= 0.6 is 11.3 Å². The van der Waals surface area contributed by atoms with Crippen molar-refractivity contribution in [3.63, 3.8) is 0 Å². The number of nitrogens with zero attached hydrogens (tertiary/aromatic N) is 1. The molecule has 2 heterocycles. The topological polar surface area (TPSA) is 118 Å². The van der Waals surface area contributed by atoms with Gasteiger partial charge < -0.3 is 19.9 Å². The van der Waals surface area contributed by atoms with Crippen LogP contribution in [-0.2, 0) is 23.8 Å². The van der Waals surface area contributed by atoms with Gasteiger partial charge in [-0.25, -0.2) is 4.98 Å². The van der Waals surface area contributed by atoms with Gasteiger partial charge in [-0.2, -0.15) is 0 Å². The number of carbonyl (C=O) groups excluding carboxylic acids is 3. The first-order chi connectivity index (χ1) is 12.4. The quantitative estimate of drug-likeness (QED) is 0.792. The number of nitrogens with two attached hydrogens (primary N) is 1. The Morgan fingerprint density at radius 1 is 1.31 bits per heavy atom. The Labute approximate surface area is 153 Å². The molecule has 26 heavy (non-hydrogen) atoms. The van der Waals surface area contributed by atoms with E-state index in [-0.39, 0.29) is 36.3 Å². The van der Waals surface area contributed by atoms with Gasteiger partial charge in [-0.3, -0.25) is 14.4 Å². The van der Waals surface area contributed by atoms with Gasteiger partial charge in [-0.15, -0.1) is 11.3 Å². The zero-order valence-corrected chi connectivity index (χ0v) is 15.0. The number of aromatic nitrogens is 1. The minimum atomic E-state index is -0.462. The van der Waals surface area contributed by atoms with Crippen molar-refractivity contribution in [1.29, 1.82) is 0 Å². The number of benzene rings is 1. The van der Waals surface area contributed by atoms with Crippen molar-refractivity contribution in [1.82, 2.24) is 4.98 Å². The van der Waals surface area contributed by atoms with E-state index in [1.165, 1.54) is 25.4 Å². The molecule has 1 saturated carbocycles. The molecule has 1 aliphatic carbocycles. The van der Waals surface area contributed by atoms with Gasteiger partial charge in [0.05, 0.1) is 22.1 Å². The van der Waals surface area contributed by atoms with E-state index in [9.17, 15) is 14.4 Å². The summed E-state index contributed by atoms with van der Waals surface area (Å²) in [6, 6.07) is 7.57. The molecule has 2 fully saturated rings. The first kappa shape index (κ1) is 18.4. The molecule has 1 aromatic carbocycles. The van der Waals surface area contributed by atoms with Crippen molar-refractivity contribution in [2.45, 2.75) is 19.3 Å². The summed E-state index contributed by atoms with van der Waals surface area (Å²) in [6.07, 6.45) is -0.769. The van der Waals surface area contributed by atoms with Crippen molar-refractivity contribution in [2.24, 2.45) is 17.6 Å². The van der Waals surface area contributed by atoms with Crippen molar-refractivity contribution in [3.05, 3.63) is 29.3 Å². The molecule has 1 amide bonds. The van der Waals surface area contributed by atoms with Crippen molar-refractivity contribution in [3.8, 4) is 0 Å². The van der Waals surface area contributed by atoms with Gasteiger partial charge in [0.25, 0.3) is 5.91 Å². The van der Waals surface area contributed by atoms with E-state index in [1.54, 1.807) is 0 Å². The lowest BCUT2D eigenvalue weighted by Gasteiger charge is -2.15. The van der Waals surface area contributed by atoms with Crippen LogP contribution in [0.4, 0.5) is 0 Å². The number of hydrogen-bond donors (Lipinski definition) is 1. The van der Waals surface area contributed by atoms with Crippen LogP contribution < -0.4 is 5.73 Å². The number of thiazole rings is 1. The maximum Gasteiger partial charge on any atom is 0.302 e. The van der Waals surface area contributed by atoms with Crippen LogP contribution in [0.1, 0.15) is 16.7 Å². The molecule has 0 spiro atoms. The molecule has 138 valence electrons. The highest BCUT2D eigenvalue weighted by atomic mass is 32.1. The Morgan fingerprint density at radius 2 is 2.04 bits per heavy atom. The first-order valence-electron chi connectivity index (χ1n) is 7.93. The van der Waals surface area contributed by atoms with Gasteiger partial charge >= 0.3 is 5.97 Å². The van der Waals surface area contributed by atoms with Gasteiger partial charge in [0.2, 0.25) is 0 Å². The fraction of sp³-hybridized carbons (Fsp3) is 0.412. The Bertz CT molecular complexity index is 818. The molecule has 2 aromatic rings. The molecule has 1 aliphatic heterocycles. The molecule has 2 aliphatic rings. The molecular formula is C17H18N2O6S. The summed E-state index contributed by atoms with van der Waals surface area (Å²) in [6.45, 7) is 1.47. The predicted octanol–water partition coefficient (Wildman–Crippen LogP) is 1.13. The summed E-state index contributed by atoms with van der Waals surface area (Å²) >= 11 is 1.32.